The van der Waals surface area contributed by atoms with E-state index < -0.39 is 0 Å². The zero-order chi connectivity index (χ0) is 8.27. The molecule has 1 saturated heterocycles. The molecule has 1 heteroatoms. The van der Waals surface area contributed by atoms with E-state index in [1.54, 1.807) is 0 Å². The quantitative estimate of drug-likeness (QED) is 0.562. The van der Waals surface area contributed by atoms with Crippen molar-refractivity contribution in [3.8, 4) is 0 Å². The van der Waals surface area contributed by atoms with Crippen molar-refractivity contribution in [3.05, 3.63) is 12.2 Å². The normalized spacial score (nSPS) is 25.8. The molecule has 1 heterocycles. The Bertz CT molecular complexity index is 140. The lowest BCUT2D eigenvalue weighted by Crippen LogP contribution is -2.20. The number of hydrogen-bond acceptors (Lipinski definition) is 1. The van der Waals surface area contributed by atoms with Crippen molar-refractivity contribution in [2.24, 2.45) is 5.92 Å². The average molecular weight is 153 g/mol. The van der Waals surface area contributed by atoms with Crippen molar-refractivity contribution in [3.63, 3.8) is 0 Å². The van der Waals surface area contributed by atoms with Gasteiger partial charge in [0.2, 0.25) is 0 Å². The Morgan fingerprint density at radius 2 is 2.27 bits per heavy atom. The van der Waals surface area contributed by atoms with E-state index in [0.29, 0.717) is 0 Å². The van der Waals surface area contributed by atoms with Gasteiger partial charge in [-0.15, -0.1) is 0 Å². The summed E-state index contributed by atoms with van der Waals surface area (Å²) < 4.78 is 0. The monoisotopic (exact) mass is 153 g/mol. The van der Waals surface area contributed by atoms with Crippen LogP contribution in [0.3, 0.4) is 0 Å². The van der Waals surface area contributed by atoms with E-state index in [2.05, 4.69) is 25.3 Å². The van der Waals surface area contributed by atoms with Gasteiger partial charge in [-0.2, -0.15) is 0 Å². The maximum absolute atomic E-state index is 4.10. The Morgan fingerprint density at radius 3 is 2.73 bits per heavy atom. The van der Waals surface area contributed by atoms with E-state index in [-0.39, 0.29) is 0 Å². The maximum Gasteiger partial charge on any atom is 0.00473 e. The minimum absolute atomic E-state index is 0.792. The fourth-order valence-corrected chi connectivity index (χ4v) is 1.74. The van der Waals surface area contributed by atoms with Crippen LogP contribution in [0, 0.1) is 5.92 Å². The number of hydrogen-bond donors (Lipinski definition) is 0. The molecule has 11 heavy (non-hydrogen) atoms. The summed E-state index contributed by atoms with van der Waals surface area (Å²) in [4.78, 5) is 2.51. The van der Waals surface area contributed by atoms with Crippen LogP contribution in [0.5, 0.6) is 0 Å². The Morgan fingerprint density at radius 1 is 1.55 bits per heavy atom. The van der Waals surface area contributed by atoms with Crippen LogP contribution in [0.15, 0.2) is 12.2 Å². The van der Waals surface area contributed by atoms with Crippen LogP contribution in [0.2, 0.25) is 0 Å². The third kappa shape index (κ3) is 2.06. The zero-order valence-corrected chi connectivity index (χ0v) is 7.77. The number of nitrogens with zero attached hydrogens (tertiary/aromatic N) is 1. The molecule has 0 aromatic carbocycles. The van der Waals surface area contributed by atoms with E-state index in [1.807, 2.05) is 0 Å². The molecule has 0 bridgehead atoms. The molecule has 1 aliphatic heterocycles. The number of rotatable bonds is 3. The van der Waals surface area contributed by atoms with Crippen molar-refractivity contribution in [2.75, 3.05) is 19.6 Å². The molecule has 64 valence electrons. The van der Waals surface area contributed by atoms with E-state index >= 15 is 0 Å². The van der Waals surface area contributed by atoms with Crippen molar-refractivity contribution in [1.29, 1.82) is 0 Å². The van der Waals surface area contributed by atoms with Gasteiger partial charge in [0, 0.05) is 6.54 Å². The van der Waals surface area contributed by atoms with Crippen molar-refractivity contribution in [2.45, 2.75) is 26.7 Å². The minimum Gasteiger partial charge on any atom is -0.303 e. The van der Waals surface area contributed by atoms with Crippen molar-refractivity contribution in [1.82, 2.24) is 4.90 Å². The highest BCUT2D eigenvalue weighted by molar-refractivity contribution is 5.03. The first-order valence-electron chi connectivity index (χ1n) is 4.68. The summed E-state index contributed by atoms with van der Waals surface area (Å²) >= 11 is 0. The fourth-order valence-electron chi connectivity index (χ4n) is 1.74. The molecule has 0 aromatic rings. The van der Waals surface area contributed by atoms with Crippen LogP contribution in [0.25, 0.3) is 0 Å². The predicted molar refractivity (Wildman–Crippen MR) is 49.7 cm³/mol. The van der Waals surface area contributed by atoms with Gasteiger partial charge in [-0.1, -0.05) is 26.0 Å². The Kier molecular flexibility index (Phi) is 3.13. The lowest BCUT2D eigenvalue weighted by atomic mass is 9.98. The van der Waals surface area contributed by atoms with Gasteiger partial charge in [-0.3, -0.25) is 0 Å². The van der Waals surface area contributed by atoms with Gasteiger partial charge in [-0.25, -0.2) is 0 Å². The molecular weight excluding hydrogens is 134 g/mol. The highest BCUT2D eigenvalue weighted by atomic mass is 15.1. The highest BCUT2D eigenvalue weighted by Crippen LogP contribution is 2.23. The Labute approximate surface area is 70.1 Å². The smallest absolute Gasteiger partial charge is 0.00473 e. The molecule has 1 fully saturated rings. The third-order valence-corrected chi connectivity index (χ3v) is 2.75. The second-order valence-electron chi connectivity index (χ2n) is 3.39. The third-order valence-electron chi connectivity index (χ3n) is 2.75. The first-order valence-corrected chi connectivity index (χ1v) is 4.68. The summed E-state index contributed by atoms with van der Waals surface area (Å²) in [6, 6.07) is 0. The van der Waals surface area contributed by atoms with Crippen LogP contribution in [0.4, 0.5) is 0 Å². The van der Waals surface area contributed by atoms with E-state index in [4.69, 9.17) is 0 Å². The van der Waals surface area contributed by atoms with Gasteiger partial charge in [0.05, 0.1) is 0 Å². The second-order valence-corrected chi connectivity index (χ2v) is 3.39. The molecule has 1 unspecified atom stereocenters. The molecule has 1 rings (SSSR count). The topological polar surface area (TPSA) is 3.24 Å². The van der Waals surface area contributed by atoms with Crippen LogP contribution >= 0.6 is 0 Å². The van der Waals surface area contributed by atoms with Crippen LogP contribution in [-0.2, 0) is 0 Å². The van der Waals surface area contributed by atoms with Crippen LogP contribution in [0.1, 0.15) is 26.7 Å². The molecule has 0 amide bonds. The molecular formula is C10H19N. The largest absolute Gasteiger partial charge is 0.303 e. The van der Waals surface area contributed by atoms with Gasteiger partial charge < -0.3 is 4.90 Å². The molecule has 0 spiro atoms. The van der Waals surface area contributed by atoms with Crippen LogP contribution in [-0.4, -0.2) is 24.5 Å². The van der Waals surface area contributed by atoms with Gasteiger partial charge in [-0.05, 0) is 31.8 Å². The Balaban J connectivity index is 2.35. The molecule has 1 atom stereocenters. The summed E-state index contributed by atoms with van der Waals surface area (Å²) in [6.45, 7) is 12.3. The first kappa shape index (κ1) is 8.79. The van der Waals surface area contributed by atoms with E-state index in [1.165, 1.54) is 31.6 Å². The van der Waals surface area contributed by atoms with E-state index in [0.717, 1.165) is 12.3 Å². The van der Waals surface area contributed by atoms with E-state index in [9.17, 15) is 0 Å². The Hall–Kier alpha value is -0.300. The molecule has 1 nitrogen and oxygen atoms in total. The molecule has 0 aliphatic carbocycles. The molecule has 0 aromatic heterocycles. The minimum atomic E-state index is 0.792. The summed E-state index contributed by atoms with van der Waals surface area (Å²) in [5.74, 6) is 0.792. The molecule has 0 radical (unpaired) electrons. The lowest BCUT2D eigenvalue weighted by molar-refractivity contribution is 0.348. The standard InChI is InChI=1S/C10H19N/c1-4-9(3)10-6-7-11(5-2)8-10/h10H,3-8H2,1-2H3. The molecule has 0 saturated carbocycles. The maximum atomic E-state index is 4.10. The predicted octanol–water partition coefficient (Wildman–Crippen LogP) is 2.29. The van der Waals surface area contributed by atoms with Crippen molar-refractivity contribution < 1.29 is 0 Å². The summed E-state index contributed by atoms with van der Waals surface area (Å²) in [7, 11) is 0. The zero-order valence-electron chi connectivity index (χ0n) is 7.77. The lowest BCUT2D eigenvalue weighted by Gasteiger charge is -2.13. The fraction of sp³-hybridized carbons (Fsp3) is 0.800. The molecule has 1 aliphatic rings. The average Bonchev–Trinajstić information content (AvgIpc) is 2.50. The summed E-state index contributed by atoms with van der Waals surface area (Å²) in [6.07, 6.45) is 2.49. The van der Waals surface area contributed by atoms with Gasteiger partial charge in [0.15, 0.2) is 0 Å². The van der Waals surface area contributed by atoms with Crippen LogP contribution < -0.4 is 0 Å². The summed E-state index contributed by atoms with van der Waals surface area (Å²) in [5.41, 5.74) is 1.45. The number of likely N-dealkylation sites (tertiary alicyclic amines) is 1. The molecule has 0 N–H and O–H groups in total. The van der Waals surface area contributed by atoms with Gasteiger partial charge in [0.25, 0.3) is 0 Å². The summed E-state index contributed by atoms with van der Waals surface area (Å²) in [5, 5.41) is 0. The SMILES string of the molecule is C=C(CC)C1CCN(CC)C1. The van der Waals surface area contributed by atoms with Gasteiger partial charge in [0.1, 0.15) is 0 Å². The van der Waals surface area contributed by atoms with Crippen molar-refractivity contribution >= 4 is 0 Å². The van der Waals surface area contributed by atoms with Gasteiger partial charge >= 0.3 is 0 Å². The second kappa shape index (κ2) is 3.91. The first-order chi connectivity index (χ1) is 5.27. The highest BCUT2D eigenvalue weighted by Gasteiger charge is 2.21.